The predicted molar refractivity (Wildman–Crippen MR) is 98.9 cm³/mol. The van der Waals surface area contributed by atoms with Crippen molar-refractivity contribution in [2.75, 3.05) is 18.4 Å². The SMILES string of the molecule is Cc1cccc(C(=O)Nc2ccccc2C(=O)NCC2CCCN2)c1. The van der Waals surface area contributed by atoms with Gasteiger partial charge in [-0.2, -0.15) is 0 Å². The molecule has 5 heteroatoms. The van der Waals surface area contributed by atoms with Crippen molar-refractivity contribution < 1.29 is 9.59 Å². The topological polar surface area (TPSA) is 70.2 Å². The first kappa shape index (κ1) is 17.2. The van der Waals surface area contributed by atoms with Crippen LogP contribution >= 0.6 is 0 Å². The van der Waals surface area contributed by atoms with E-state index < -0.39 is 0 Å². The molecule has 5 nitrogen and oxygen atoms in total. The van der Waals surface area contributed by atoms with Crippen molar-refractivity contribution >= 4 is 17.5 Å². The molecule has 2 amide bonds. The lowest BCUT2D eigenvalue weighted by Crippen LogP contribution is -2.37. The molecule has 2 aromatic rings. The molecule has 0 bridgehead atoms. The van der Waals surface area contributed by atoms with Gasteiger partial charge in [-0.15, -0.1) is 0 Å². The molecule has 1 aliphatic rings. The van der Waals surface area contributed by atoms with Crippen LogP contribution in [0.2, 0.25) is 0 Å². The fourth-order valence-corrected chi connectivity index (χ4v) is 3.01. The van der Waals surface area contributed by atoms with Gasteiger partial charge in [0.15, 0.2) is 0 Å². The molecule has 3 rings (SSSR count). The highest BCUT2D eigenvalue weighted by atomic mass is 16.2. The van der Waals surface area contributed by atoms with Crippen LogP contribution in [-0.4, -0.2) is 30.9 Å². The number of hydrogen-bond donors (Lipinski definition) is 3. The number of carbonyl (C=O) groups is 2. The average molecular weight is 337 g/mol. The molecule has 0 spiro atoms. The molecule has 1 saturated heterocycles. The van der Waals surface area contributed by atoms with Gasteiger partial charge in [0.1, 0.15) is 0 Å². The summed E-state index contributed by atoms with van der Waals surface area (Å²) in [4.78, 5) is 25.0. The number of hydrogen-bond acceptors (Lipinski definition) is 3. The Morgan fingerprint density at radius 1 is 1.12 bits per heavy atom. The molecule has 1 heterocycles. The van der Waals surface area contributed by atoms with Gasteiger partial charge in [0.05, 0.1) is 11.3 Å². The van der Waals surface area contributed by atoms with Crippen LogP contribution in [0.15, 0.2) is 48.5 Å². The second-order valence-corrected chi connectivity index (χ2v) is 6.37. The van der Waals surface area contributed by atoms with Crippen molar-refractivity contribution in [2.24, 2.45) is 0 Å². The van der Waals surface area contributed by atoms with Gasteiger partial charge >= 0.3 is 0 Å². The number of nitrogens with one attached hydrogen (secondary N) is 3. The number of benzene rings is 2. The van der Waals surface area contributed by atoms with Crippen molar-refractivity contribution in [1.82, 2.24) is 10.6 Å². The van der Waals surface area contributed by atoms with Crippen molar-refractivity contribution in [3.63, 3.8) is 0 Å². The molecule has 1 atom stereocenters. The molecule has 130 valence electrons. The number of anilines is 1. The van der Waals surface area contributed by atoms with Gasteiger partial charge in [0, 0.05) is 18.2 Å². The number of carbonyl (C=O) groups excluding carboxylic acids is 2. The molecular formula is C20H23N3O2. The average Bonchev–Trinajstić information content (AvgIpc) is 3.13. The van der Waals surface area contributed by atoms with Gasteiger partial charge in [-0.3, -0.25) is 9.59 Å². The maximum atomic E-state index is 12.5. The Morgan fingerprint density at radius 2 is 1.96 bits per heavy atom. The first-order valence-corrected chi connectivity index (χ1v) is 8.62. The highest BCUT2D eigenvalue weighted by Gasteiger charge is 2.17. The van der Waals surface area contributed by atoms with Crippen LogP contribution in [0.5, 0.6) is 0 Å². The van der Waals surface area contributed by atoms with Crippen molar-refractivity contribution in [3.8, 4) is 0 Å². The molecule has 1 fully saturated rings. The number of para-hydroxylation sites is 1. The van der Waals surface area contributed by atoms with Crippen LogP contribution in [0.25, 0.3) is 0 Å². The molecule has 1 aliphatic heterocycles. The third-order valence-electron chi connectivity index (χ3n) is 4.37. The molecule has 0 aliphatic carbocycles. The van der Waals surface area contributed by atoms with Crippen LogP contribution < -0.4 is 16.0 Å². The van der Waals surface area contributed by atoms with Crippen LogP contribution in [0.1, 0.15) is 39.1 Å². The zero-order valence-corrected chi connectivity index (χ0v) is 14.3. The van der Waals surface area contributed by atoms with Gasteiger partial charge in [0.25, 0.3) is 11.8 Å². The third-order valence-corrected chi connectivity index (χ3v) is 4.37. The van der Waals surface area contributed by atoms with Gasteiger partial charge in [-0.25, -0.2) is 0 Å². The van der Waals surface area contributed by atoms with E-state index in [1.165, 1.54) is 0 Å². The molecular weight excluding hydrogens is 314 g/mol. The van der Waals surface area contributed by atoms with Gasteiger partial charge in [0.2, 0.25) is 0 Å². The summed E-state index contributed by atoms with van der Waals surface area (Å²) in [5.74, 6) is -0.393. The Bertz CT molecular complexity index is 767. The highest BCUT2D eigenvalue weighted by Crippen LogP contribution is 2.17. The van der Waals surface area contributed by atoms with Crippen LogP contribution in [0.3, 0.4) is 0 Å². The normalized spacial score (nSPS) is 16.4. The predicted octanol–water partition coefficient (Wildman–Crippen LogP) is 2.73. The molecule has 0 radical (unpaired) electrons. The Labute approximate surface area is 147 Å². The van der Waals surface area contributed by atoms with Crippen LogP contribution in [-0.2, 0) is 0 Å². The Balaban J connectivity index is 1.69. The summed E-state index contributed by atoms with van der Waals surface area (Å²) < 4.78 is 0. The quantitative estimate of drug-likeness (QED) is 0.786. The fraction of sp³-hybridized carbons (Fsp3) is 0.300. The maximum absolute atomic E-state index is 12.5. The molecule has 3 N–H and O–H groups in total. The Kier molecular flexibility index (Phi) is 5.46. The molecule has 1 unspecified atom stereocenters. The molecule has 25 heavy (non-hydrogen) atoms. The van der Waals surface area contributed by atoms with E-state index in [2.05, 4.69) is 16.0 Å². The zero-order valence-electron chi connectivity index (χ0n) is 14.3. The van der Waals surface area contributed by atoms with Gasteiger partial charge in [-0.05, 0) is 50.6 Å². The summed E-state index contributed by atoms with van der Waals surface area (Å²) >= 11 is 0. The highest BCUT2D eigenvalue weighted by molar-refractivity contribution is 6.09. The summed E-state index contributed by atoms with van der Waals surface area (Å²) in [5, 5.41) is 9.15. The van der Waals surface area contributed by atoms with Crippen molar-refractivity contribution in [1.29, 1.82) is 0 Å². The number of amides is 2. The summed E-state index contributed by atoms with van der Waals surface area (Å²) in [7, 11) is 0. The summed E-state index contributed by atoms with van der Waals surface area (Å²) in [5.41, 5.74) is 2.58. The minimum Gasteiger partial charge on any atom is -0.350 e. The van der Waals surface area contributed by atoms with E-state index in [1.807, 2.05) is 25.1 Å². The number of rotatable bonds is 5. The Morgan fingerprint density at radius 3 is 2.72 bits per heavy atom. The minimum atomic E-state index is -0.221. The lowest BCUT2D eigenvalue weighted by Gasteiger charge is -2.14. The first-order valence-electron chi connectivity index (χ1n) is 8.62. The third kappa shape index (κ3) is 4.45. The maximum Gasteiger partial charge on any atom is 0.255 e. The lowest BCUT2D eigenvalue weighted by atomic mass is 10.1. The second kappa shape index (κ2) is 7.94. The fourth-order valence-electron chi connectivity index (χ4n) is 3.01. The largest absolute Gasteiger partial charge is 0.350 e. The monoisotopic (exact) mass is 337 g/mol. The van der Waals surface area contributed by atoms with Gasteiger partial charge in [-0.1, -0.05) is 29.8 Å². The van der Waals surface area contributed by atoms with Crippen molar-refractivity contribution in [3.05, 3.63) is 65.2 Å². The van der Waals surface area contributed by atoms with E-state index in [4.69, 9.17) is 0 Å². The zero-order chi connectivity index (χ0) is 17.6. The smallest absolute Gasteiger partial charge is 0.255 e. The van der Waals surface area contributed by atoms with E-state index in [0.717, 1.165) is 24.9 Å². The van der Waals surface area contributed by atoms with E-state index in [1.54, 1.807) is 30.3 Å². The van der Waals surface area contributed by atoms with Crippen LogP contribution in [0.4, 0.5) is 5.69 Å². The Hall–Kier alpha value is -2.66. The van der Waals surface area contributed by atoms with Crippen LogP contribution in [0, 0.1) is 6.92 Å². The standard InChI is InChI=1S/C20H23N3O2/c1-14-6-4-7-15(12-14)19(24)23-18-10-3-2-9-17(18)20(25)22-13-16-8-5-11-21-16/h2-4,6-7,9-10,12,16,21H,5,8,11,13H2,1H3,(H,22,25)(H,23,24). The van der Waals surface area contributed by atoms with E-state index in [-0.39, 0.29) is 11.8 Å². The van der Waals surface area contributed by atoms with E-state index >= 15 is 0 Å². The molecule has 2 aromatic carbocycles. The molecule has 0 saturated carbocycles. The van der Waals surface area contributed by atoms with E-state index in [0.29, 0.717) is 29.4 Å². The lowest BCUT2D eigenvalue weighted by molar-refractivity contribution is 0.0951. The second-order valence-electron chi connectivity index (χ2n) is 6.37. The molecule has 0 aromatic heterocycles. The number of aryl methyl sites for hydroxylation is 1. The summed E-state index contributed by atoms with van der Waals surface area (Å²) in [6, 6.07) is 14.8. The summed E-state index contributed by atoms with van der Waals surface area (Å²) in [6.07, 6.45) is 2.22. The van der Waals surface area contributed by atoms with Gasteiger partial charge < -0.3 is 16.0 Å². The van der Waals surface area contributed by atoms with Crippen molar-refractivity contribution in [2.45, 2.75) is 25.8 Å². The summed E-state index contributed by atoms with van der Waals surface area (Å²) in [6.45, 7) is 3.54. The van der Waals surface area contributed by atoms with E-state index in [9.17, 15) is 9.59 Å². The first-order chi connectivity index (χ1) is 12.1. The minimum absolute atomic E-state index is 0.172.